The largest absolute Gasteiger partial charge is 0.323 e. The molecule has 0 aromatic heterocycles. The van der Waals surface area contributed by atoms with Crippen LogP contribution in [0, 0.1) is 11.8 Å². The van der Waals surface area contributed by atoms with E-state index in [1.165, 1.54) is 12.8 Å². The molecule has 1 saturated carbocycles. The van der Waals surface area contributed by atoms with Gasteiger partial charge in [0.25, 0.3) is 0 Å². The lowest BCUT2D eigenvalue weighted by atomic mass is 9.78. The second-order valence-electron chi connectivity index (χ2n) is 6.38. The Bertz CT molecular complexity index is 535. The predicted octanol–water partition coefficient (Wildman–Crippen LogP) is 4.73. The minimum Gasteiger partial charge on any atom is -0.323 e. The van der Waals surface area contributed by atoms with E-state index in [1.807, 2.05) is 6.92 Å². The van der Waals surface area contributed by atoms with E-state index in [9.17, 15) is 4.79 Å². The van der Waals surface area contributed by atoms with Crippen molar-refractivity contribution in [1.29, 1.82) is 0 Å². The lowest BCUT2D eigenvalue weighted by Crippen LogP contribution is -2.49. The summed E-state index contributed by atoms with van der Waals surface area (Å²) in [6, 6.07) is 5.17. The van der Waals surface area contributed by atoms with Crippen molar-refractivity contribution in [2.24, 2.45) is 11.8 Å². The van der Waals surface area contributed by atoms with Gasteiger partial charge in [-0.05, 0) is 43.4 Å². The molecule has 5 heteroatoms. The van der Waals surface area contributed by atoms with Crippen LogP contribution in [0.25, 0.3) is 0 Å². The van der Waals surface area contributed by atoms with E-state index in [4.69, 9.17) is 23.2 Å². The third-order valence-corrected chi connectivity index (χ3v) is 5.32. The first-order chi connectivity index (χ1) is 10.4. The molecular formula is C17H24Cl2N2O. The molecule has 122 valence electrons. The van der Waals surface area contributed by atoms with Gasteiger partial charge in [0, 0.05) is 11.1 Å². The van der Waals surface area contributed by atoms with Crippen molar-refractivity contribution in [3.63, 3.8) is 0 Å². The van der Waals surface area contributed by atoms with Crippen molar-refractivity contribution in [1.82, 2.24) is 5.32 Å². The Morgan fingerprint density at radius 3 is 2.73 bits per heavy atom. The van der Waals surface area contributed by atoms with Crippen molar-refractivity contribution in [2.45, 2.75) is 52.1 Å². The molecule has 1 aliphatic carbocycles. The van der Waals surface area contributed by atoms with Crippen LogP contribution in [0.3, 0.4) is 0 Å². The number of carbonyl (C=O) groups is 1. The van der Waals surface area contributed by atoms with Crippen molar-refractivity contribution >= 4 is 34.8 Å². The molecule has 1 aliphatic rings. The number of amides is 1. The first kappa shape index (κ1) is 17.6. The van der Waals surface area contributed by atoms with Crippen LogP contribution in [0.2, 0.25) is 10.0 Å². The minimum atomic E-state index is -0.271. The summed E-state index contributed by atoms with van der Waals surface area (Å²) >= 11 is 12.0. The first-order valence-corrected chi connectivity index (χ1v) is 8.66. The molecule has 0 bridgehead atoms. The molecule has 22 heavy (non-hydrogen) atoms. The Kier molecular flexibility index (Phi) is 6.13. The van der Waals surface area contributed by atoms with Crippen molar-refractivity contribution < 1.29 is 4.79 Å². The lowest BCUT2D eigenvalue weighted by Gasteiger charge is -2.36. The van der Waals surface area contributed by atoms with Crippen LogP contribution in [0.4, 0.5) is 5.69 Å². The average molecular weight is 343 g/mol. The summed E-state index contributed by atoms with van der Waals surface area (Å²) in [5.41, 5.74) is 0.554. The van der Waals surface area contributed by atoms with E-state index in [2.05, 4.69) is 24.5 Å². The van der Waals surface area contributed by atoms with Gasteiger partial charge in [-0.25, -0.2) is 0 Å². The summed E-state index contributed by atoms with van der Waals surface area (Å²) in [7, 11) is 0. The van der Waals surface area contributed by atoms with E-state index in [0.717, 1.165) is 6.42 Å². The highest BCUT2D eigenvalue weighted by Crippen LogP contribution is 2.30. The van der Waals surface area contributed by atoms with Crippen LogP contribution in [-0.4, -0.2) is 18.0 Å². The van der Waals surface area contributed by atoms with Crippen molar-refractivity contribution in [3.05, 3.63) is 28.2 Å². The summed E-state index contributed by atoms with van der Waals surface area (Å²) in [5, 5.41) is 7.35. The second kappa shape index (κ2) is 7.67. The van der Waals surface area contributed by atoms with Gasteiger partial charge in [-0.15, -0.1) is 0 Å². The fraction of sp³-hybridized carbons (Fsp3) is 0.588. The van der Waals surface area contributed by atoms with E-state index >= 15 is 0 Å². The fourth-order valence-corrected chi connectivity index (χ4v) is 3.39. The molecule has 1 aromatic rings. The maximum Gasteiger partial charge on any atom is 0.241 e. The molecular weight excluding hydrogens is 319 g/mol. The molecule has 0 aliphatic heterocycles. The summed E-state index contributed by atoms with van der Waals surface area (Å²) in [5.74, 6) is 1.19. The topological polar surface area (TPSA) is 41.1 Å². The average Bonchev–Trinajstić information content (AvgIpc) is 2.47. The molecule has 3 nitrogen and oxygen atoms in total. The number of hydrogen-bond donors (Lipinski definition) is 2. The van der Waals surface area contributed by atoms with Crippen LogP contribution in [0.5, 0.6) is 0 Å². The van der Waals surface area contributed by atoms with E-state index in [-0.39, 0.29) is 11.9 Å². The van der Waals surface area contributed by atoms with Crippen LogP contribution in [0.15, 0.2) is 18.2 Å². The van der Waals surface area contributed by atoms with Crippen LogP contribution in [0.1, 0.15) is 40.0 Å². The molecule has 1 fully saturated rings. The van der Waals surface area contributed by atoms with Gasteiger partial charge in [-0.2, -0.15) is 0 Å². The lowest BCUT2D eigenvalue weighted by molar-refractivity contribution is -0.118. The fourth-order valence-electron chi connectivity index (χ4n) is 3.05. The number of rotatable bonds is 4. The molecule has 2 N–H and O–H groups in total. The van der Waals surface area contributed by atoms with Crippen LogP contribution >= 0.6 is 23.2 Å². The Labute approximate surface area is 142 Å². The predicted molar refractivity (Wildman–Crippen MR) is 93.7 cm³/mol. The number of anilines is 1. The Morgan fingerprint density at radius 2 is 2.00 bits per heavy atom. The molecule has 0 radical (unpaired) electrons. The molecule has 0 heterocycles. The zero-order valence-electron chi connectivity index (χ0n) is 13.3. The van der Waals surface area contributed by atoms with Gasteiger partial charge >= 0.3 is 0 Å². The summed E-state index contributed by atoms with van der Waals surface area (Å²) in [6.45, 7) is 6.44. The number of benzene rings is 1. The van der Waals surface area contributed by atoms with E-state index in [0.29, 0.717) is 33.6 Å². The smallest absolute Gasteiger partial charge is 0.241 e. The number of hydrogen-bond acceptors (Lipinski definition) is 2. The molecule has 0 saturated heterocycles. The zero-order chi connectivity index (χ0) is 16.3. The Morgan fingerprint density at radius 1 is 1.27 bits per heavy atom. The van der Waals surface area contributed by atoms with Crippen LogP contribution in [-0.2, 0) is 4.79 Å². The van der Waals surface area contributed by atoms with E-state index < -0.39 is 0 Å². The molecule has 4 atom stereocenters. The normalized spacial score (nSPS) is 26.5. The monoisotopic (exact) mass is 342 g/mol. The highest BCUT2D eigenvalue weighted by molar-refractivity contribution is 6.35. The van der Waals surface area contributed by atoms with Crippen molar-refractivity contribution in [3.8, 4) is 0 Å². The number of halogens is 2. The SMILES string of the molecule is C[C@H]1[C@@H](N[C@@H](C)C(=O)Nc2cc(Cl)ccc2Cl)CCC[C@@H]1C. The van der Waals surface area contributed by atoms with E-state index in [1.54, 1.807) is 18.2 Å². The Hall–Kier alpha value is -0.770. The quantitative estimate of drug-likeness (QED) is 0.829. The van der Waals surface area contributed by atoms with Gasteiger partial charge in [-0.3, -0.25) is 4.79 Å². The summed E-state index contributed by atoms with van der Waals surface area (Å²) < 4.78 is 0. The molecule has 0 unspecified atom stereocenters. The number of carbonyl (C=O) groups excluding carboxylic acids is 1. The first-order valence-electron chi connectivity index (χ1n) is 7.90. The highest BCUT2D eigenvalue weighted by atomic mass is 35.5. The maximum atomic E-state index is 12.4. The third kappa shape index (κ3) is 4.37. The van der Waals surface area contributed by atoms with Gasteiger partial charge in [0.15, 0.2) is 0 Å². The van der Waals surface area contributed by atoms with Gasteiger partial charge in [0.05, 0.1) is 16.8 Å². The van der Waals surface area contributed by atoms with Gasteiger partial charge in [-0.1, -0.05) is 49.9 Å². The minimum absolute atomic E-state index is 0.0883. The second-order valence-corrected chi connectivity index (χ2v) is 7.22. The maximum absolute atomic E-state index is 12.4. The number of nitrogens with one attached hydrogen (secondary N) is 2. The third-order valence-electron chi connectivity index (χ3n) is 4.75. The van der Waals surface area contributed by atoms with Crippen molar-refractivity contribution in [2.75, 3.05) is 5.32 Å². The highest BCUT2D eigenvalue weighted by Gasteiger charge is 2.29. The van der Waals surface area contributed by atoms with Gasteiger partial charge in [0.2, 0.25) is 5.91 Å². The van der Waals surface area contributed by atoms with Crippen LogP contribution < -0.4 is 10.6 Å². The van der Waals surface area contributed by atoms with Gasteiger partial charge in [0.1, 0.15) is 0 Å². The summed E-state index contributed by atoms with van der Waals surface area (Å²) in [6.07, 6.45) is 3.62. The molecule has 0 spiro atoms. The summed E-state index contributed by atoms with van der Waals surface area (Å²) in [4.78, 5) is 12.4. The zero-order valence-corrected chi connectivity index (χ0v) is 14.8. The standard InChI is InChI=1S/C17H24Cl2N2O/c1-10-5-4-6-15(11(10)2)20-12(3)17(22)21-16-9-13(18)7-8-14(16)19/h7-12,15,20H,4-6H2,1-3H3,(H,21,22)/t10-,11+,12-,15-/m0/s1. The molecule has 1 aromatic carbocycles. The molecule has 1 amide bonds. The molecule has 2 rings (SSSR count). The van der Waals surface area contributed by atoms with Gasteiger partial charge < -0.3 is 10.6 Å². The Balaban J connectivity index is 1.96.